The van der Waals surface area contributed by atoms with E-state index in [1.807, 2.05) is 54.2 Å². The highest BCUT2D eigenvalue weighted by Crippen LogP contribution is 2.53. The van der Waals surface area contributed by atoms with Crippen molar-refractivity contribution in [1.29, 1.82) is 0 Å². The van der Waals surface area contributed by atoms with Gasteiger partial charge in [0.15, 0.2) is 5.82 Å². The number of nitrogens with zero attached hydrogens (tertiary/aromatic N) is 6. The van der Waals surface area contributed by atoms with Crippen LogP contribution in [0.15, 0.2) is 53.8 Å². The number of aromatic nitrogens is 4. The molecule has 8 heteroatoms. The SMILES string of the molecule is C=NC1c2cccnc2CC12CCN(c1nc(C)c(-c3cccc(OC)c3Cl)n3nccc13)CC2. The number of ether oxygens (including phenoxy) is 1. The van der Waals surface area contributed by atoms with Gasteiger partial charge in [-0.2, -0.15) is 5.10 Å². The van der Waals surface area contributed by atoms with Gasteiger partial charge in [0.05, 0.1) is 35.8 Å². The average Bonchev–Trinajstić information content (AvgIpc) is 3.47. The molecule has 1 spiro atoms. The first-order valence-electron chi connectivity index (χ1n) is 11.9. The lowest BCUT2D eigenvalue weighted by Gasteiger charge is -2.42. The van der Waals surface area contributed by atoms with E-state index in [-0.39, 0.29) is 11.5 Å². The Balaban J connectivity index is 1.35. The maximum absolute atomic E-state index is 6.68. The van der Waals surface area contributed by atoms with Crippen LogP contribution in [0.4, 0.5) is 5.82 Å². The summed E-state index contributed by atoms with van der Waals surface area (Å²) in [6, 6.07) is 12.1. The lowest BCUT2D eigenvalue weighted by molar-refractivity contribution is 0.188. The lowest BCUT2D eigenvalue weighted by Crippen LogP contribution is -2.42. The molecule has 1 aliphatic carbocycles. The lowest BCUT2D eigenvalue weighted by atomic mass is 9.73. The average molecular weight is 487 g/mol. The third-order valence-electron chi connectivity index (χ3n) is 7.70. The van der Waals surface area contributed by atoms with E-state index in [1.54, 1.807) is 7.11 Å². The van der Waals surface area contributed by atoms with Crippen LogP contribution < -0.4 is 9.64 Å². The van der Waals surface area contributed by atoms with Crippen molar-refractivity contribution >= 4 is 29.7 Å². The highest BCUT2D eigenvalue weighted by Gasteiger charge is 2.48. The normalized spacial score (nSPS) is 18.7. The highest BCUT2D eigenvalue weighted by atomic mass is 35.5. The number of aliphatic imine (C=N–C) groups is 1. The molecule has 1 atom stereocenters. The van der Waals surface area contributed by atoms with Gasteiger partial charge in [-0.25, -0.2) is 9.50 Å². The fourth-order valence-corrected chi connectivity index (χ4v) is 6.27. The van der Waals surface area contributed by atoms with Crippen LogP contribution in [-0.4, -0.2) is 46.5 Å². The molecule has 1 saturated heterocycles. The molecule has 35 heavy (non-hydrogen) atoms. The summed E-state index contributed by atoms with van der Waals surface area (Å²) in [5.41, 5.74) is 6.05. The van der Waals surface area contributed by atoms with Crippen LogP contribution in [0.1, 0.15) is 35.8 Å². The van der Waals surface area contributed by atoms with Crippen molar-refractivity contribution in [1.82, 2.24) is 19.6 Å². The minimum Gasteiger partial charge on any atom is -0.495 e. The van der Waals surface area contributed by atoms with Crippen molar-refractivity contribution in [3.8, 4) is 17.0 Å². The molecule has 0 bridgehead atoms. The van der Waals surface area contributed by atoms with Gasteiger partial charge in [-0.1, -0.05) is 29.8 Å². The first kappa shape index (κ1) is 22.0. The first-order chi connectivity index (χ1) is 17.1. The molecular weight excluding hydrogens is 460 g/mol. The minimum absolute atomic E-state index is 0.0779. The number of halogens is 1. The molecule has 6 rings (SSSR count). The molecule has 4 aromatic rings. The number of pyridine rings is 1. The Labute approximate surface area is 209 Å². The number of fused-ring (bicyclic) bond motifs is 2. The fraction of sp³-hybridized carbons (Fsp3) is 0.333. The van der Waals surface area contributed by atoms with Gasteiger partial charge in [0.25, 0.3) is 0 Å². The van der Waals surface area contributed by atoms with Gasteiger partial charge >= 0.3 is 0 Å². The molecule has 7 nitrogen and oxygen atoms in total. The summed E-state index contributed by atoms with van der Waals surface area (Å²) in [6.07, 6.45) is 6.68. The van der Waals surface area contributed by atoms with Gasteiger partial charge in [-0.3, -0.25) is 9.98 Å². The van der Waals surface area contributed by atoms with Gasteiger partial charge in [0.2, 0.25) is 0 Å². The third kappa shape index (κ3) is 3.32. The molecule has 0 amide bonds. The Bertz CT molecular complexity index is 1440. The predicted octanol–water partition coefficient (Wildman–Crippen LogP) is 5.35. The van der Waals surface area contributed by atoms with Crippen molar-refractivity contribution in [2.24, 2.45) is 10.4 Å². The van der Waals surface area contributed by atoms with Crippen LogP contribution in [0.2, 0.25) is 5.02 Å². The van der Waals surface area contributed by atoms with E-state index >= 15 is 0 Å². The van der Waals surface area contributed by atoms with Crippen molar-refractivity contribution < 1.29 is 4.74 Å². The Morgan fingerprint density at radius 3 is 2.74 bits per heavy atom. The number of rotatable bonds is 4. The van der Waals surface area contributed by atoms with Gasteiger partial charge in [-0.05, 0) is 56.7 Å². The van der Waals surface area contributed by atoms with Crippen LogP contribution in [0.25, 0.3) is 16.8 Å². The summed E-state index contributed by atoms with van der Waals surface area (Å²) in [5.74, 6) is 1.58. The molecule has 1 unspecified atom stereocenters. The van der Waals surface area contributed by atoms with Crippen molar-refractivity contribution in [2.45, 2.75) is 32.2 Å². The third-order valence-corrected chi connectivity index (χ3v) is 8.09. The summed E-state index contributed by atoms with van der Waals surface area (Å²) in [7, 11) is 1.62. The monoisotopic (exact) mass is 486 g/mol. The van der Waals surface area contributed by atoms with E-state index in [0.29, 0.717) is 10.8 Å². The maximum Gasteiger partial charge on any atom is 0.155 e. The number of hydrogen-bond acceptors (Lipinski definition) is 6. The first-order valence-corrected chi connectivity index (χ1v) is 12.3. The van der Waals surface area contributed by atoms with Gasteiger partial charge in [0.1, 0.15) is 11.3 Å². The highest BCUT2D eigenvalue weighted by molar-refractivity contribution is 6.34. The molecule has 3 aromatic heterocycles. The van der Waals surface area contributed by atoms with Gasteiger partial charge < -0.3 is 9.64 Å². The van der Waals surface area contributed by atoms with E-state index < -0.39 is 0 Å². The Morgan fingerprint density at radius 2 is 1.97 bits per heavy atom. The number of methoxy groups -OCH3 is 1. The second-order valence-corrected chi connectivity index (χ2v) is 9.85. The van der Waals surface area contributed by atoms with Crippen LogP contribution in [-0.2, 0) is 6.42 Å². The topological polar surface area (TPSA) is 67.9 Å². The number of hydrogen-bond donors (Lipinski definition) is 0. The summed E-state index contributed by atoms with van der Waals surface area (Å²) in [4.78, 5) is 16.7. The van der Waals surface area contributed by atoms with E-state index in [2.05, 4.69) is 32.8 Å². The molecule has 0 radical (unpaired) electrons. The molecule has 0 saturated carbocycles. The Kier molecular flexibility index (Phi) is 5.25. The van der Waals surface area contributed by atoms with Crippen LogP contribution in [0.5, 0.6) is 5.75 Å². The smallest absolute Gasteiger partial charge is 0.155 e. The molecule has 1 aromatic carbocycles. The zero-order valence-corrected chi connectivity index (χ0v) is 20.7. The molecular formula is C27H27ClN6O. The van der Waals surface area contributed by atoms with Crippen molar-refractivity contribution in [2.75, 3.05) is 25.1 Å². The Hall–Kier alpha value is -3.45. The second kappa shape index (κ2) is 8.34. The quantitative estimate of drug-likeness (QED) is 0.364. The second-order valence-electron chi connectivity index (χ2n) is 9.47. The number of aryl methyl sites for hydroxylation is 1. The van der Waals surface area contributed by atoms with E-state index in [1.165, 1.54) is 11.3 Å². The number of piperidine rings is 1. The molecule has 178 valence electrons. The zero-order chi connectivity index (χ0) is 24.2. The van der Waals surface area contributed by atoms with Crippen molar-refractivity contribution in [3.63, 3.8) is 0 Å². The number of anilines is 1. The zero-order valence-electron chi connectivity index (χ0n) is 19.9. The van der Waals surface area contributed by atoms with Crippen molar-refractivity contribution in [3.05, 3.63) is 70.8 Å². The summed E-state index contributed by atoms with van der Waals surface area (Å²) in [5, 5.41) is 5.21. The molecule has 1 fully saturated rings. The summed E-state index contributed by atoms with van der Waals surface area (Å²) in [6.45, 7) is 7.74. The molecule has 2 aliphatic rings. The largest absolute Gasteiger partial charge is 0.495 e. The number of benzene rings is 1. The standard InChI is InChI=1S/C27H27ClN6O/c1-17-24(19-6-4-8-22(35-3)23(19)28)34-21(9-13-31-34)26(32-17)33-14-10-27(11-15-33)16-20-18(25(27)29-2)7-5-12-30-20/h4-9,12-13,25H,2,10-11,14-16H2,1,3H3. The molecule has 0 N–H and O–H groups in total. The van der Waals surface area contributed by atoms with Gasteiger partial charge in [0, 0.05) is 36.0 Å². The molecule has 1 aliphatic heterocycles. The van der Waals surface area contributed by atoms with E-state index in [9.17, 15) is 0 Å². The Morgan fingerprint density at radius 1 is 1.14 bits per heavy atom. The predicted molar refractivity (Wildman–Crippen MR) is 139 cm³/mol. The van der Waals surface area contributed by atoms with Crippen LogP contribution >= 0.6 is 11.6 Å². The molecule has 4 heterocycles. The summed E-state index contributed by atoms with van der Waals surface area (Å²) < 4.78 is 7.39. The maximum atomic E-state index is 6.68. The van der Waals surface area contributed by atoms with Crippen LogP contribution in [0.3, 0.4) is 0 Å². The van der Waals surface area contributed by atoms with E-state index in [0.717, 1.165) is 60.6 Å². The summed E-state index contributed by atoms with van der Waals surface area (Å²) >= 11 is 6.68. The van der Waals surface area contributed by atoms with Gasteiger partial charge in [-0.15, -0.1) is 0 Å². The van der Waals surface area contributed by atoms with E-state index in [4.69, 9.17) is 21.3 Å². The fourth-order valence-electron chi connectivity index (χ4n) is 5.98. The van der Waals surface area contributed by atoms with Crippen LogP contribution in [0, 0.1) is 12.3 Å². The minimum atomic E-state index is 0.0779.